The van der Waals surface area contributed by atoms with Gasteiger partial charge in [0.1, 0.15) is 6.20 Å². The Hall–Kier alpha value is -1.51. The molecule has 0 fully saturated rings. The quantitative estimate of drug-likeness (QED) is 0.441. The summed E-state index contributed by atoms with van der Waals surface area (Å²) in [4.78, 5) is 12.1. The number of aromatic nitrogens is 2. The van der Waals surface area contributed by atoms with E-state index in [1.54, 1.807) is 18.6 Å². The molecule has 1 radical (unpaired) electrons. The van der Waals surface area contributed by atoms with E-state index in [2.05, 4.69) is 15.0 Å². The third-order valence-electron chi connectivity index (χ3n) is 1.24. The Morgan fingerprint density at radius 1 is 1.20 bits per heavy atom. The first-order valence-electron chi connectivity index (χ1n) is 2.98. The number of rotatable bonds is 0. The largest absolute Gasteiger partial charge is 0.389 e. The van der Waals surface area contributed by atoms with Crippen molar-refractivity contribution in [2.45, 2.75) is 0 Å². The maximum absolute atomic E-state index is 4.06. The molecule has 0 saturated heterocycles. The van der Waals surface area contributed by atoms with Crippen molar-refractivity contribution in [3.8, 4) is 0 Å². The Morgan fingerprint density at radius 3 is 3.00 bits per heavy atom. The van der Waals surface area contributed by atoms with Gasteiger partial charge in [0.25, 0.3) is 0 Å². The molecular weight excluding hydrogens is 126 g/mol. The number of fused-ring (bicyclic) bond motifs is 1. The average molecular weight is 131 g/mol. The second-order valence-electron chi connectivity index (χ2n) is 1.90. The van der Waals surface area contributed by atoms with E-state index in [1.807, 2.05) is 12.2 Å². The normalized spacial score (nSPS) is 13.2. The molecule has 0 amide bonds. The van der Waals surface area contributed by atoms with E-state index in [9.17, 15) is 0 Å². The van der Waals surface area contributed by atoms with Crippen molar-refractivity contribution in [3.05, 3.63) is 35.5 Å². The van der Waals surface area contributed by atoms with Crippen molar-refractivity contribution in [2.75, 3.05) is 0 Å². The molecule has 3 heteroatoms. The van der Waals surface area contributed by atoms with Crippen molar-refractivity contribution in [1.29, 1.82) is 0 Å². The number of hydrogen-bond acceptors (Lipinski definition) is 3. The van der Waals surface area contributed by atoms with Gasteiger partial charge in [0, 0.05) is 0 Å². The molecular formula is C7H5N3+. The van der Waals surface area contributed by atoms with Gasteiger partial charge in [0.15, 0.2) is 11.5 Å². The van der Waals surface area contributed by atoms with Gasteiger partial charge in [-0.3, -0.25) is 0 Å². The van der Waals surface area contributed by atoms with E-state index in [-0.39, 0.29) is 0 Å². The molecule has 0 bridgehead atoms. The molecule has 0 atom stereocenters. The summed E-state index contributed by atoms with van der Waals surface area (Å²) in [6.07, 6.45) is 8.72. The van der Waals surface area contributed by atoms with Gasteiger partial charge in [-0.2, -0.15) is 0 Å². The third-order valence-corrected chi connectivity index (χ3v) is 1.24. The van der Waals surface area contributed by atoms with Crippen LogP contribution in [0.4, 0.5) is 0 Å². The summed E-state index contributed by atoms with van der Waals surface area (Å²) in [5.74, 6) is 0. The van der Waals surface area contributed by atoms with Crippen molar-refractivity contribution >= 4 is 6.08 Å². The maximum atomic E-state index is 4.06. The summed E-state index contributed by atoms with van der Waals surface area (Å²) in [7, 11) is 0. The molecule has 0 saturated carbocycles. The van der Waals surface area contributed by atoms with Crippen LogP contribution in [-0.4, -0.2) is 9.97 Å². The van der Waals surface area contributed by atoms with Crippen molar-refractivity contribution in [1.82, 2.24) is 15.0 Å². The van der Waals surface area contributed by atoms with Crippen LogP contribution in [0.3, 0.4) is 0 Å². The maximum Gasteiger partial charge on any atom is 0.389 e. The SMILES string of the molecule is C1=C[N+]=c2nccnc2=C1. The lowest BCUT2D eigenvalue weighted by molar-refractivity contribution is 0.981. The molecule has 1 aromatic rings. The predicted molar refractivity (Wildman–Crippen MR) is 36.1 cm³/mol. The van der Waals surface area contributed by atoms with Crippen LogP contribution in [-0.2, 0) is 0 Å². The van der Waals surface area contributed by atoms with Crippen LogP contribution in [0, 0.1) is 0 Å². The zero-order chi connectivity index (χ0) is 6.81. The van der Waals surface area contributed by atoms with Crippen LogP contribution >= 0.6 is 0 Å². The Balaban J connectivity index is 2.92. The fraction of sp³-hybridized carbons (Fsp3) is 0. The van der Waals surface area contributed by atoms with Crippen LogP contribution in [0.15, 0.2) is 24.7 Å². The highest BCUT2D eigenvalue weighted by atomic mass is 14.9. The Morgan fingerprint density at radius 2 is 2.10 bits per heavy atom. The molecule has 1 aliphatic rings. The molecule has 0 aromatic carbocycles. The fourth-order valence-electron chi connectivity index (χ4n) is 0.806. The minimum atomic E-state index is 0.699. The molecule has 0 aliphatic carbocycles. The predicted octanol–water partition coefficient (Wildman–Crippen LogP) is -1.26. The van der Waals surface area contributed by atoms with Crippen LogP contribution in [0.5, 0.6) is 0 Å². The van der Waals surface area contributed by atoms with Crippen LogP contribution in [0.25, 0.3) is 6.08 Å². The summed E-state index contributed by atoms with van der Waals surface area (Å²) in [6, 6.07) is 0. The molecule has 2 heterocycles. The minimum Gasteiger partial charge on any atom is -0.244 e. The van der Waals surface area contributed by atoms with Gasteiger partial charge in [-0.05, 0) is 22.1 Å². The van der Waals surface area contributed by atoms with E-state index in [1.165, 1.54) is 0 Å². The summed E-state index contributed by atoms with van der Waals surface area (Å²) in [5.41, 5.74) is 0.699. The van der Waals surface area contributed by atoms with Gasteiger partial charge in [-0.25, -0.2) is 4.98 Å². The highest BCUT2D eigenvalue weighted by molar-refractivity contribution is 5.33. The molecule has 47 valence electrons. The molecule has 1 aromatic heterocycles. The average Bonchev–Trinajstić information content (AvgIpc) is 2.05. The molecule has 2 rings (SSSR count). The lowest BCUT2D eigenvalue weighted by Gasteiger charge is -1.78. The lowest BCUT2D eigenvalue weighted by Crippen LogP contribution is -2.35. The Labute approximate surface area is 57.5 Å². The molecule has 3 nitrogen and oxygen atoms in total. The van der Waals surface area contributed by atoms with Crippen molar-refractivity contribution in [3.63, 3.8) is 0 Å². The summed E-state index contributed by atoms with van der Waals surface area (Å²) in [5, 5.41) is 0.838. The molecule has 0 N–H and O–H groups in total. The third kappa shape index (κ3) is 0.719. The van der Waals surface area contributed by atoms with Gasteiger partial charge in [0.05, 0.1) is 6.20 Å². The molecule has 10 heavy (non-hydrogen) atoms. The van der Waals surface area contributed by atoms with Crippen molar-refractivity contribution in [2.24, 2.45) is 0 Å². The van der Waals surface area contributed by atoms with Gasteiger partial charge >= 0.3 is 5.49 Å². The topological polar surface area (TPSA) is 39.9 Å². The van der Waals surface area contributed by atoms with Crippen LogP contribution < -0.4 is 15.8 Å². The highest BCUT2D eigenvalue weighted by Crippen LogP contribution is 1.69. The Bertz CT molecular complexity index is 341. The highest BCUT2D eigenvalue weighted by Gasteiger charge is 1.98. The second-order valence-corrected chi connectivity index (χ2v) is 1.90. The van der Waals surface area contributed by atoms with Gasteiger partial charge in [-0.15, -0.1) is 0 Å². The summed E-state index contributed by atoms with van der Waals surface area (Å²) >= 11 is 0. The van der Waals surface area contributed by atoms with E-state index in [4.69, 9.17) is 0 Å². The Kier molecular flexibility index (Phi) is 1.07. The minimum absolute atomic E-state index is 0.699. The first-order valence-corrected chi connectivity index (χ1v) is 2.98. The van der Waals surface area contributed by atoms with Crippen LogP contribution in [0.1, 0.15) is 0 Å². The fourth-order valence-corrected chi connectivity index (χ4v) is 0.806. The van der Waals surface area contributed by atoms with Gasteiger partial charge in [-0.1, -0.05) is 0 Å². The van der Waals surface area contributed by atoms with E-state index in [0.717, 1.165) is 5.35 Å². The first kappa shape index (κ1) is 5.29. The smallest absolute Gasteiger partial charge is 0.244 e. The number of hydrogen-bond donors (Lipinski definition) is 0. The lowest BCUT2D eigenvalue weighted by atomic mass is 10.4. The van der Waals surface area contributed by atoms with E-state index < -0.39 is 0 Å². The standard InChI is InChI=1S/C7H5N3/c1-2-6-7(9-3-1)10-5-4-8-6/h1-5H/q+1. The van der Waals surface area contributed by atoms with E-state index >= 15 is 0 Å². The molecule has 0 unspecified atom stereocenters. The summed E-state index contributed by atoms with van der Waals surface area (Å²) < 4.78 is 0. The van der Waals surface area contributed by atoms with Crippen LogP contribution in [0.2, 0.25) is 0 Å². The second kappa shape index (κ2) is 2.02. The monoisotopic (exact) mass is 131 g/mol. The van der Waals surface area contributed by atoms with Crippen molar-refractivity contribution < 1.29 is 0 Å². The first-order chi connectivity index (χ1) is 4.97. The number of nitrogens with zero attached hydrogens (tertiary/aromatic N) is 3. The molecule has 0 spiro atoms. The van der Waals surface area contributed by atoms with E-state index in [0.29, 0.717) is 5.49 Å². The number of allylic oxidation sites excluding steroid dienone is 1. The molecule has 1 aliphatic heterocycles. The zero-order valence-corrected chi connectivity index (χ0v) is 5.23. The summed E-state index contributed by atoms with van der Waals surface area (Å²) in [6.45, 7) is 0. The zero-order valence-electron chi connectivity index (χ0n) is 5.23. The van der Waals surface area contributed by atoms with Gasteiger partial charge < -0.3 is 0 Å². The van der Waals surface area contributed by atoms with Gasteiger partial charge in [0.2, 0.25) is 0 Å².